The van der Waals surface area contributed by atoms with Crippen LogP contribution in [0, 0.1) is 0 Å². The Kier molecular flexibility index (Phi) is 6.93. The van der Waals surface area contributed by atoms with Crippen LogP contribution in [-0.2, 0) is 14.3 Å². The Morgan fingerprint density at radius 1 is 1.61 bits per heavy atom. The van der Waals surface area contributed by atoms with Gasteiger partial charge in [0, 0.05) is 12.3 Å². The molecule has 0 N–H and O–H groups in total. The molecule has 0 aliphatic carbocycles. The second-order valence-corrected chi connectivity index (χ2v) is 5.22. The molecule has 0 radical (unpaired) electrons. The number of esters is 1. The molecule has 1 aliphatic rings. The van der Waals surface area contributed by atoms with Crippen molar-refractivity contribution < 1.29 is 19.1 Å². The Balaban J connectivity index is 2.20. The topological polar surface area (TPSA) is 55.8 Å². The van der Waals surface area contributed by atoms with Crippen molar-refractivity contribution in [3.63, 3.8) is 0 Å². The predicted octanol–water partition coefficient (Wildman–Crippen LogP) is 1.90. The van der Waals surface area contributed by atoms with Gasteiger partial charge in [0.1, 0.15) is 6.61 Å². The van der Waals surface area contributed by atoms with Crippen molar-refractivity contribution in [2.24, 2.45) is 0 Å². The van der Waals surface area contributed by atoms with Crippen LogP contribution in [0.1, 0.15) is 26.2 Å². The average molecular weight is 275 g/mol. The number of cyclic esters (lactones) is 1. The van der Waals surface area contributed by atoms with Crippen LogP contribution in [-0.4, -0.2) is 54.8 Å². The van der Waals surface area contributed by atoms with Gasteiger partial charge < -0.3 is 14.4 Å². The van der Waals surface area contributed by atoms with Crippen LogP contribution in [0.3, 0.4) is 0 Å². The van der Waals surface area contributed by atoms with E-state index in [1.165, 1.54) is 0 Å². The van der Waals surface area contributed by atoms with Crippen molar-refractivity contribution in [2.45, 2.75) is 32.3 Å². The molecule has 1 heterocycles. The molecule has 5 nitrogen and oxygen atoms in total. The minimum absolute atomic E-state index is 0.168. The second-order valence-electron chi connectivity index (χ2n) is 4.23. The first kappa shape index (κ1) is 15.1. The molecule has 6 heteroatoms. The van der Waals surface area contributed by atoms with E-state index in [0.29, 0.717) is 19.5 Å². The first-order valence-corrected chi connectivity index (χ1v) is 7.66. The van der Waals surface area contributed by atoms with Crippen molar-refractivity contribution in [1.29, 1.82) is 0 Å². The van der Waals surface area contributed by atoms with E-state index in [9.17, 15) is 9.59 Å². The Bertz CT molecular complexity index is 285. The Morgan fingerprint density at radius 3 is 3.06 bits per heavy atom. The summed E-state index contributed by atoms with van der Waals surface area (Å²) in [5, 5.41) is 0. The molecule has 0 aromatic carbocycles. The molecule has 0 saturated carbocycles. The standard InChI is InChI=1S/C12H21NO4S/c1-3-4-6-13-8-10(17-12(13)15)9-16-11(14)5-7-18-2/h10H,3-9H2,1-2H3. The fourth-order valence-corrected chi connectivity index (χ4v) is 2.01. The van der Waals surface area contributed by atoms with Gasteiger partial charge in [0.05, 0.1) is 13.0 Å². The van der Waals surface area contributed by atoms with Gasteiger partial charge in [-0.25, -0.2) is 4.79 Å². The van der Waals surface area contributed by atoms with Crippen LogP contribution >= 0.6 is 11.8 Å². The maximum Gasteiger partial charge on any atom is 0.410 e. The third-order valence-electron chi connectivity index (χ3n) is 2.67. The van der Waals surface area contributed by atoms with Crippen LogP contribution in [0.2, 0.25) is 0 Å². The molecule has 0 aromatic heterocycles. The quantitative estimate of drug-likeness (QED) is 0.633. The zero-order valence-electron chi connectivity index (χ0n) is 11.0. The highest BCUT2D eigenvalue weighted by Gasteiger charge is 2.31. The van der Waals surface area contributed by atoms with Gasteiger partial charge in [0.2, 0.25) is 0 Å². The van der Waals surface area contributed by atoms with Gasteiger partial charge in [-0.05, 0) is 12.7 Å². The summed E-state index contributed by atoms with van der Waals surface area (Å²) in [5.41, 5.74) is 0. The monoisotopic (exact) mass is 275 g/mol. The van der Waals surface area contributed by atoms with Crippen molar-refractivity contribution in [1.82, 2.24) is 4.90 Å². The number of hydrogen-bond donors (Lipinski definition) is 0. The van der Waals surface area contributed by atoms with E-state index < -0.39 is 0 Å². The van der Waals surface area contributed by atoms with Crippen LogP contribution in [0.5, 0.6) is 0 Å². The van der Waals surface area contributed by atoms with Crippen LogP contribution in [0.4, 0.5) is 4.79 Å². The molecule has 1 saturated heterocycles. The molecular formula is C12H21NO4S. The normalized spacial score (nSPS) is 18.9. The molecule has 1 fully saturated rings. The molecule has 1 atom stereocenters. The number of unbranched alkanes of at least 4 members (excludes halogenated alkanes) is 1. The SMILES string of the molecule is CCCCN1CC(COC(=O)CCSC)OC1=O. The molecule has 1 unspecified atom stereocenters. The van der Waals surface area contributed by atoms with Crippen LogP contribution in [0.25, 0.3) is 0 Å². The minimum atomic E-state index is -0.312. The highest BCUT2D eigenvalue weighted by molar-refractivity contribution is 7.98. The summed E-state index contributed by atoms with van der Waals surface area (Å²) in [5.74, 6) is 0.527. The smallest absolute Gasteiger partial charge is 0.410 e. The first-order chi connectivity index (χ1) is 8.67. The molecule has 1 amide bonds. The highest BCUT2D eigenvalue weighted by atomic mass is 32.2. The third kappa shape index (κ3) is 5.16. The lowest BCUT2D eigenvalue weighted by Crippen LogP contribution is -2.27. The van der Waals surface area contributed by atoms with Gasteiger partial charge in [-0.2, -0.15) is 11.8 Å². The number of hydrogen-bond acceptors (Lipinski definition) is 5. The number of carbonyl (C=O) groups is 2. The molecule has 1 rings (SSSR count). The van der Waals surface area contributed by atoms with Crippen LogP contribution in [0.15, 0.2) is 0 Å². The fourth-order valence-electron chi connectivity index (χ4n) is 1.64. The zero-order chi connectivity index (χ0) is 13.4. The van der Waals surface area contributed by atoms with E-state index in [1.54, 1.807) is 16.7 Å². The molecule has 104 valence electrons. The zero-order valence-corrected chi connectivity index (χ0v) is 11.8. The second kappa shape index (κ2) is 8.24. The van der Waals surface area contributed by atoms with Crippen molar-refractivity contribution >= 4 is 23.8 Å². The number of carbonyl (C=O) groups excluding carboxylic acids is 2. The Labute approximate surface area is 112 Å². The van der Waals surface area contributed by atoms with Gasteiger partial charge >= 0.3 is 12.1 Å². The average Bonchev–Trinajstić information content (AvgIpc) is 2.72. The summed E-state index contributed by atoms with van der Waals surface area (Å²) >= 11 is 1.60. The summed E-state index contributed by atoms with van der Waals surface area (Å²) in [6, 6.07) is 0. The summed E-state index contributed by atoms with van der Waals surface area (Å²) in [6.07, 6.45) is 3.74. The van der Waals surface area contributed by atoms with Gasteiger partial charge in [-0.15, -0.1) is 0 Å². The van der Waals surface area contributed by atoms with E-state index in [1.807, 2.05) is 6.26 Å². The van der Waals surface area contributed by atoms with Gasteiger partial charge in [0.25, 0.3) is 0 Å². The van der Waals surface area contributed by atoms with E-state index in [4.69, 9.17) is 9.47 Å². The largest absolute Gasteiger partial charge is 0.462 e. The third-order valence-corrected chi connectivity index (χ3v) is 3.28. The Morgan fingerprint density at radius 2 is 2.39 bits per heavy atom. The van der Waals surface area contributed by atoms with E-state index in [-0.39, 0.29) is 24.8 Å². The van der Waals surface area contributed by atoms with Crippen molar-refractivity contribution in [3.8, 4) is 0 Å². The predicted molar refractivity (Wildman–Crippen MR) is 70.7 cm³/mol. The van der Waals surface area contributed by atoms with Crippen molar-refractivity contribution in [3.05, 3.63) is 0 Å². The highest BCUT2D eigenvalue weighted by Crippen LogP contribution is 2.12. The molecule has 0 spiro atoms. The summed E-state index contributed by atoms with van der Waals surface area (Å²) in [7, 11) is 0. The lowest BCUT2D eigenvalue weighted by Gasteiger charge is -2.11. The van der Waals surface area contributed by atoms with Crippen molar-refractivity contribution in [2.75, 3.05) is 31.7 Å². The number of amides is 1. The first-order valence-electron chi connectivity index (χ1n) is 6.27. The number of rotatable bonds is 8. The molecule has 18 heavy (non-hydrogen) atoms. The molecule has 0 aromatic rings. The van der Waals surface area contributed by atoms with E-state index in [0.717, 1.165) is 18.6 Å². The van der Waals surface area contributed by atoms with E-state index >= 15 is 0 Å². The number of nitrogens with zero attached hydrogens (tertiary/aromatic N) is 1. The number of thioether (sulfide) groups is 1. The van der Waals surface area contributed by atoms with E-state index in [2.05, 4.69) is 6.92 Å². The minimum Gasteiger partial charge on any atom is -0.462 e. The van der Waals surface area contributed by atoms with Gasteiger partial charge in [0.15, 0.2) is 6.10 Å². The summed E-state index contributed by atoms with van der Waals surface area (Å²) in [4.78, 5) is 24.4. The number of ether oxygens (including phenoxy) is 2. The summed E-state index contributed by atoms with van der Waals surface area (Å²) < 4.78 is 10.2. The lowest BCUT2D eigenvalue weighted by molar-refractivity contribution is -0.145. The Hall–Kier alpha value is -0.910. The van der Waals surface area contributed by atoms with Gasteiger partial charge in [-0.1, -0.05) is 13.3 Å². The molecule has 1 aliphatic heterocycles. The maximum atomic E-state index is 11.5. The molecular weight excluding hydrogens is 254 g/mol. The fraction of sp³-hybridized carbons (Fsp3) is 0.833. The van der Waals surface area contributed by atoms with Gasteiger partial charge in [-0.3, -0.25) is 4.79 Å². The lowest BCUT2D eigenvalue weighted by atomic mass is 10.3. The molecule has 0 bridgehead atoms. The van der Waals surface area contributed by atoms with Crippen LogP contribution < -0.4 is 0 Å². The maximum absolute atomic E-state index is 11.5. The summed E-state index contributed by atoms with van der Waals surface area (Å²) in [6.45, 7) is 3.48.